The summed E-state index contributed by atoms with van der Waals surface area (Å²) in [5.74, 6) is 1.15. The average molecular weight is 522 g/mol. The third kappa shape index (κ3) is 10.6. The highest BCUT2D eigenvalue weighted by molar-refractivity contribution is 14.0. The number of nitrogens with zero attached hydrogens (tertiary/aromatic N) is 2. The quantitative estimate of drug-likeness (QED) is 0.203. The Labute approximate surface area is 191 Å². The standard InChI is InChI=1S/C21H35FN4O2.HI/c1-4-23-21(24-9-5-10-27-15-18-8-11-28-16-18)25-13-17-6-7-20(22)19(12-17)14-26(2)3;/h6-7,12,18H,4-5,8-11,13-16H2,1-3H3,(H2,23,24,25);1H. The molecule has 0 radical (unpaired) electrons. The number of nitrogens with one attached hydrogen (secondary N) is 2. The van der Waals surface area contributed by atoms with Crippen LogP contribution < -0.4 is 10.6 Å². The summed E-state index contributed by atoms with van der Waals surface area (Å²) in [6.45, 7) is 7.92. The molecule has 8 heteroatoms. The van der Waals surface area contributed by atoms with Crippen LogP contribution in [0, 0.1) is 11.7 Å². The third-order valence-electron chi connectivity index (χ3n) is 4.50. The number of halogens is 2. The first-order chi connectivity index (χ1) is 13.6. The van der Waals surface area contributed by atoms with E-state index >= 15 is 0 Å². The zero-order chi connectivity index (χ0) is 20.2. The van der Waals surface area contributed by atoms with E-state index in [9.17, 15) is 4.39 Å². The highest BCUT2D eigenvalue weighted by atomic mass is 127. The average Bonchev–Trinajstić information content (AvgIpc) is 3.18. The van der Waals surface area contributed by atoms with Crippen molar-refractivity contribution in [3.8, 4) is 0 Å². The van der Waals surface area contributed by atoms with E-state index in [1.165, 1.54) is 6.07 Å². The molecule has 1 aromatic rings. The van der Waals surface area contributed by atoms with Gasteiger partial charge in [0.15, 0.2) is 5.96 Å². The van der Waals surface area contributed by atoms with Gasteiger partial charge in [-0.05, 0) is 51.6 Å². The highest BCUT2D eigenvalue weighted by Gasteiger charge is 2.15. The lowest BCUT2D eigenvalue weighted by Gasteiger charge is -2.13. The van der Waals surface area contributed by atoms with E-state index in [1.807, 2.05) is 32.0 Å². The minimum absolute atomic E-state index is 0. The lowest BCUT2D eigenvalue weighted by molar-refractivity contribution is 0.0888. The molecule has 0 aliphatic carbocycles. The molecule has 1 saturated heterocycles. The van der Waals surface area contributed by atoms with Gasteiger partial charge in [0.05, 0.1) is 19.8 Å². The van der Waals surface area contributed by atoms with Crippen LogP contribution >= 0.6 is 24.0 Å². The number of ether oxygens (including phenoxy) is 2. The molecular formula is C21H36FIN4O2. The highest BCUT2D eigenvalue weighted by Crippen LogP contribution is 2.13. The fourth-order valence-electron chi connectivity index (χ4n) is 3.05. The van der Waals surface area contributed by atoms with Crippen molar-refractivity contribution in [3.63, 3.8) is 0 Å². The lowest BCUT2D eigenvalue weighted by atomic mass is 10.1. The normalized spacial score (nSPS) is 16.7. The van der Waals surface area contributed by atoms with Crippen molar-refractivity contribution < 1.29 is 13.9 Å². The van der Waals surface area contributed by atoms with E-state index in [1.54, 1.807) is 6.07 Å². The van der Waals surface area contributed by atoms with Crippen molar-refractivity contribution in [2.45, 2.75) is 32.9 Å². The van der Waals surface area contributed by atoms with E-state index in [0.29, 0.717) is 24.6 Å². The molecule has 1 unspecified atom stereocenters. The van der Waals surface area contributed by atoms with Crippen molar-refractivity contribution in [2.75, 3.05) is 53.6 Å². The van der Waals surface area contributed by atoms with Crippen LogP contribution in [0.4, 0.5) is 4.39 Å². The molecule has 1 atom stereocenters. The number of aliphatic imine (C=N–C) groups is 1. The molecule has 29 heavy (non-hydrogen) atoms. The minimum atomic E-state index is -0.171. The molecule has 1 aromatic carbocycles. The summed E-state index contributed by atoms with van der Waals surface area (Å²) < 4.78 is 25.0. The number of benzene rings is 1. The maximum absolute atomic E-state index is 13.9. The maximum atomic E-state index is 13.9. The number of rotatable bonds is 11. The van der Waals surface area contributed by atoms with Crippen LogP contribution in [-0.4, -0.2) is 64.5 Å². The fraction of sp³-hybridized carbons (Fsp3) is 0.667. The Morgan fingerprint density at radius 3 is 2.86 bits per heavy atom. The van der Waals surface area contributed by atoms with E-state index in [4.69, 9.17) is 9.47 Å². The molecular weight excluding hydrogens is 486 g/mol. The molecule has 6 nitrogen and oxygen atoms in total. The van der Waals surface area contributed by atoms with Gasteiger partial charge in [0.1, 0.15) is 5.82 Å². The Hall–Kier alpha value is -0.970. The van der Waals surface area contributed by atoms with Gasteiger partial charge in [-0.15, -0.1) is 24.0 Å². The molecule has 1 fully saturated rings. The van der Waals surface area contributed by atoms with Gasteiger partial charge in [-0.3, -0.25) is 0 Å². The Bertz CT molecular complexity index is 610. The summed E-state index contributed by atoms with van der Waals surface area (Å²) in [5.41, 5.74) is 1.69. The first-order valence-corrected chi connectivity index (χ1v) is 10.2. The van der Waals surface area contributed by atoms with Gasteiger partial charge in [-0.2, -0.15) is 0 Å². The van der Waals surface area contributed by atoms with Crippen LogP contribution in [0.3, 0.4) is 0 Å². The van der Waals surface area contributed by atoms with E-state index in [2.05, 4.69) is 15.6 Å². The molecule has 0 aromatic heterocycles. The third-order valence-corrected chi connectivity index (χ3v) is 4.50. The van der Waals surface area contributed by atoms with E-state index < -0.39 is 0 Å². The van der Waals surface area contributed by atoms with Gasteiger partial charge in [0.25, 0.3) is 0 Å². The Morgan fingerprint density at radius 2 is 2.17 bits per heavy atom. The summed E-state index contributed by atoms with van der Waals surface area (Å²) in [5, 5.41) is 6.58. The maximum Gasteiger partial charge on any atom is 0.191 e. The topological polar surface area (TPSA) is 58.1 Å². The summed E-state index contributed by atoms with van der Waals surface area (Å²) in [7, 11) is 3.87. The molecule has 1 aliphatic heterocycles. The molecule has 0 bridgehead atoms. The van der Waals surface area contributed by atoms with Crippen LogP contribution in [0.15, 0.2) is 23.2 Å². The van der Waals surface area contributed by atoms with E-state index in [-0.39, 0.29) is 29.8 Å². The lowest BCUT2D eigenvalue weighted by Crippen LogP contribution is -2.38. The van der Waals surface area contributed by atoms with Gasteiger partial charge in [0.2, 0.25) is 0 Å². The summed E-state index contributed by atoms with van der Waals surface area (Å²) >= 11 is 0. The van der Waals surface area contributed by atoms with Crippen molar-refractivity contribution in [2.24, 2.45) is 10.9 Å². The molecule has 0 amide bonds. The number of hydrogen-bond acceptors (Lipinski definition) is 4. The molecule has 2 rings (SSSR count). The molecule has 0 spiro atoms. The van der Waals surface area contributed by atoms with Gasteiger partial charge >= 0.3 is 0 Å². The van der Waals surface area contributed by atoms with Gasteiger partial charge in [-0.25, -0.2) is 9.38 Å². The van der Waals surface area contributed by atoms with Crippen molar-refractivity contribution >= 4 is 29.9 Å². The minimum Gasteiger partial charge on any atom is -0.381 e. The molecule has 166 valence electrons. The van der Waals surface area contributed by atoms with Crippen LogP contribution in [0.5, 0.6) is 0 Å². The van der Waals surface area contributed by atoms with Gasteiger partial charge in [-0.1, -0.05) is 6.07 Å². The first kappa shape index (κ1) is 26.1. The Kier molecular flexibility index (Phi) is 13.4. The second kappa shape index (κ2) is 14.9. The molecule has 1 heterocycles. The predicted molar refractivity (Wildman–Crippen MR) is 126 cm³/mol. The smallest absolute Gasteiger partial charge is 0.191 e. The number of hydrogen-bond donors (Lipinski definition) is 2. The zero-order valence-electron chi connectivity index (χ0n) is 17.9. The molecule has 1 aliphatic rings. The van der Waals surface area contributed by atoms with Crippen molar-refractivity contribution in [1.82, 2.24) is 15.5 Å². The van der Waals surface area contributed by atoms with Crippen LogP contribution in [0.1, 0.15) is 30.9 Å². The Balaban J connectivity index is 0.00000420. The fourth-order valence-corrected chi connectivity index (χ4v) is 3.05. The molecule has 0 saturated carbocycles. The first-order valence-electron chi connectivity index (χ1n) is 10.2. The summed E-state index contributed by atoms with van der Waals surface area (Å²) in [6, 6.07) is 5.21. The summed E-state index contributed by atoms with van der Waals surface area (Å²) in [4.78, 5) is 6.57. The van der Waals surface area contributed by atoms with Crippen LogP contribution in [0.25, 0.3) is 0 Å². The molecule has 2 N–H and O–H groups in total. The largest absolute Gasteiger partial charge is 0.381 e. The van der Waals surface area contributed by atoms with Gasteiger partial charge in [0, 0.05) is 44.3 Å². The Morgan fingerprint density at radius 1 is 1.34 bits per heavy atom. The van der Waals surface area contributed by atoms with E-state index in [0.717, 1.165) is 63.9 Å². The monoisotopic (exact) mass is 522 g/mol. The SMILES string of the molecule is CCNC(=NCc1ccc(F)c(CN(C)C)c1)NCCCOCC1CCOC1.I. The van der Waals surface area contributed by atoms with Crippen LogP contribution in [-0.2, 0) is 22.6 Å². The second-order valence-electron chi connectivity index (χ2n) is 7.44. The predicted octanol–water partition coefficient (Wildman–Crippen LogP) is 3.00. The second-order valence-corrected chi connectivity index (χ2v) is 7.44. The number of guanidine groups is 1. The van der Waals surface area contributed by atoms with Gasteiger partial charge < -0.3 is 25.0 Å². The van der Waals surface area contributed by atoms with Crippen molar-refractivity contribution in [3.05, 3.63) is 35.1 Å². The van der Waals surface area contributed by atoms with Crippen LogP contribution in [0.2, 0.25) is 0 Å². The zero-order valence-corrected chi connectivity index (χ0v) is 20.2. The summed E-state index contributed by atoms with van der Waals surface area (Å²) in [6.07, 6.45) is 2.02. The van der Waals surface area contributed by atoms with Crippen molar-refractivity contribution in [1.29, 1.82) is 0 Å².